The van der Waals surface area contributed by atoms with Crippen molar-refractivity contribution in [3.05, 3.63) is 74.1 Å². The number of fused-ring (bicyclic) bond motifs is 1. The number of morpholine rings is 1. The number of rotatable bonds is 7. The Morgan fingerprint density at radius 2 is 2.08 bits per heavy atom. The van der Waals surface area contributed by atoms with E-state index in [9.17, 15) is 15.0 Å². The van der Waals surface area contributed by atoms with Crippen molar-refractivity contribution >= 4 is 38.3 Å². The number of anilines is 2. The van der Waals surface area contributed by atoms with Crippen molar-refractivity contribution in [2.24, 2.45) is 0 Å². The molecule has 5 rings (SSSR count). The molecule has 1 aliphatic heterocycles. The molecule has 4 aromatic rings. The lowest BCUT2D eigenvalue weighted by atomic mass is 10.1. The van der Waals surface area contributed by atoms with Crippen molar-refractivity contribution in [2.45, 2.75) is 26.1 Å². The molecule has 2 atom stereocenters. The van der Waals surface area contributed by atoms with Gasteiger partial charge in [0.1, 0.15) is 11.4 Å². The molecule has 1 saturated heterocycles. The predicted molar refractivity (Wildman–Crippen MR) is 148 cm³/mol. The number of aromatic nitrogens is 3. The Bertz CT molecular complexity index is 1480. The van der Waals surface area contributed by atoms with Gasteiger partial charge < -0.3 is 35.1 Å². The van der Waals surface area contributed by atoms with Gasteiger partial charge in [0.15, 0.2) is 0 Å². The second-order valence-electron chi connectivity index (χ2n) is 9.37. The van der Waals surface area contributed by atoms with E-state index in [4.69, 9.17) is 9.72 Å². The third-order valence-electron chi connectivity index (χ3n) is 6.73. The molecule has 1 fully saturated rings. The summed E-state index contributed by atoms with van der Waals surface area (Å²) in [5.41, 5.74) is 6.11. The third kappa shape index (κ3) is 5.28. The van der Waals surface area contributed by atoms with Crippen molar-refractivity contribution in [3.63, 3.8) is 0 Å². The lowest BCUT2D eigenvalue weighted by molar-refractivity contribution is 0.00357. The van der Waals surface area contributed by atoms with E-state index in [-0.39, 0.29) is 24.8 Å². The normalized spacial score (nSPS) is 16.8. The SMILES string of the molecule is Cc1ccc(C(O)CNc2cc[nH]c(=O)c2-c2nc3c(C)cc(N4CCOC(CO)C4)cc3[nH]2)cc1Br. The zero-order valence-corrected chi connectivity index (χ0v) is 22.3. The van der Waals surface area contributed by atoms with E-state index >= 15 is 0 Å². The summed E-state index contributed by atoms with van der Waals surface area (Å²) in [5.74, 6) is 0.447. The van der Waals surface area contributed by atoms with E-state index in [0.29, 0.717) is 30.2 Å². The van der Waals surface area contributed by atoms with Gasteiger partial charge in [0.2, 0.25) is 0 Å². The highest BCUT2D eigenvalue weighted by Gasteiger charge is 2.22. The van der Waals surface area contributed by atoms with Crippen molar-refractivity contribution in [3.8, 4) is 11.4 Å². The smallest absolute Gasteiger partial charge is 0.261 e. The zero-order chi connectivity index (χ0) is 26.1. The van der Waals surface area contributed by atoms with Gasteiger partial charge >= 0.3 is 0 Å². The maximum Gasteiger partial charge on any atom is 0.261 e. The van der Waals surface area contributed by atoms with E-state index in [1.807, 2.05) is 38.1 Å². The third-order valence-corrected chi connectivity index (χ3v) is 7.59. The molecule has 194 valence electrons. The van der Waals surface area contributed by atoms with E-state index < -0.39 is 6.10 Å². The molecule has 3 heterocycles. The molecule has 37 heavy (non-hydrogen) atoms. The number of H-pyrrole nitrogens is 2. The first kappa shape index (κ1) is 25.5. The molecule has 0 spiro atoms. The van der Waals surface area contributed by atoms with Crippen molar-refractivity contribution in [1.29, 1.82) is 0 Å². The van der Waals surface area contributed by atoms with E-state index in [1.165, 1.54) is 0 Å². The number of ether oxygens (including phenoxy) is 1. The number of hydrogen-bond donors (Lipinski definition) is 5. The standard InChI is InChI=1S/C27H30BrN5O4/c1-15-3-4-17(10-20(15)28)23(35)12-30-21-5-6-29-27(36)24(21)26-31-22-11-18(9-16(2)25(22)32-26)33-7-8-37-19(13-33)14-34/h3-6,9-11,19,23,34-35H,7-8,12-14H2,1-2H3,(H,31,32)(H2,29,30,36). The van der Waals surface area contributed by atoms with Gasteiger partial charge in [0.25, 0.3) is 5.56 Å². The number of aryl methyl sites for hydroxylation is 2. The molecule has 0 radical (unpaired) electrons. The molecule has 0 amide bonds. The quantitative estimate of drug-likeness (QED) is 0.231. The van der Waals surface area contributed by atoms with Crippen LogP contribution >= 0.6 is 15.9 Å². The minimum absolute atomic E-state index is 0.0195. The Balaban J connectivity index is 1.43. The Kier molecular flexibility index (Phi) is 7.34. The lowest BCUT2D eigenvalue weighted by Gasteiger charge is -2.33. The first-order chi connectivity index (χ1) is 17.8. The number of nitrogens with zero attached hydrogens (tertiary/aromatic N) is 2. The van der Waals surface area contributed by atoms with Gasteiger partial charge in [0.05, 0.1) is 42.1 Å². The largest absolute Gasteiger partial charge is 0.394 e. The van der Waals surface area contributed by atoms with Crippen LogP contribution in [0.3, 0.4) is 0 Å². The second kappa shape index (κ2) is 10.7. The molecular formula is C27H30BrN5O4. The predicted octanol–water partition coefficient (Wildman–Crippen LogP) is 3.64. The van der Waals surface area contributed by atoms with Crippen LogP contribution in [0.25, 0.3) is 22.4 Å². The summed E-state index contributed by atoms with van der Waals surface area (Å²) in [6.07, 6.45) is 0.598. The molecule has 0 saturated carbocycles. The lowest BCUT2D eigenvalue weighted by Crippen LogP contribution is -2.44. The van der Waals surface area contributed by atoms with Crippen LogP contribution in [0.15, 0.2) is 51.9 Å². The molecule has 1 aliphatic rings. The fourth-order valence-corrected chi connectivity index (χ4v) is 5.04. The number of aliphatic hydroxyl groups is 2. The molecule has 0 aliphatic carbocycles. The highest BCUT2D eigenvalue weighted by Crippen LogP contribution is 2.30. The summed E-state index contributed by atoms with van der Waals surface area (Å²) in [6.45, 7) is 6.07. The summed E-state index contributed by atoms with van der Waals surface area (Å²) in [4.78, 5) is 25.9. The number of halogens is 1. The van der Waals surface area contributed by atoms with Gasteiger partial charge in [-0.05, 0) is 54.8 Å². The molecule has 2 aromatic carbocycles. The summed E-state index contributed by atoms with van der Waals surface area (Å²) in [5, 5.41) is 23.5. The second-order valence-corrected chi connectivity index (χ2v) is 10.2. The van der Waals surface area contributed by atoms with Gasteiger partial charge in [-0.25, -0.2) is 4.98 Å². The first-order valence-electron chi connectivity index (χ1n) is 12.2. The molecule has 10 heteroatoms. The van der Waals surface area contributed by atoms with Crippen LogP contribution in [0.5, 0.6) is 0 Å². The topological polar surface area (TPSA) is 126 Å². The number of aromatic amines is 2. The highest BCUT2D eigenvalue weighted by molar-refractivity contribution is 9.10. The minimum atomic E-state index is -0.763. The van der Waals surface area contributed by atoms with Crippen molar-refractivity contribution in [1.82, 2.24) is 15.0 Å². The molecule has 0 bridgehead atoms. The summed E-state index contributed by atoms with van der Waals surface area (Å²) in [6, 6.07) is 11.6. The number of benzene rings is 2. The molecule has 9 nitrogen and oxygen atoms in total. The number of nitrogens with one attached hydrogen (secondary N) is 3. The van der Waals surface area contributed by atoms with Crippen LogP contribution in [0.2, 0.25) is 0 Å². The van der Waals surface area contributed by atoms with Crippen LogP contribution < -0.4 is 15.8 Å². The van der Waals surface area contributed by atoms with E-state index in [2.05, 4.69) is 42.2 Å². The average Bonchev–Trinajstić information content (AvgIpc) is 3.33. The Labute approximate surface area is 222 Å². The number of imidazole rings is 1. The van der Waals surface area contributed by atoms with Crippen molar-refractivity contribution < 1.29 is 14.9 Å². The van der Waals surface area contributed by atoms with Crippen LogP contribution in [0.1, 0.15) is 22.8 Å². The van der Waals surface area contributed by atoms with Gasteiger partial charge in [-0.1, -0.05) is 28.1 Å². The van der Waals surface area contributed by atoms with Gasteiger partial charge in [-0.2, -0.15) is 0 Å². The highest BCUT2D eigenvalue weighted by atomic mass is 79.9. The number of pyridine rings is 1. The average molecular weight is 568 g/mol. The van der Waals surface area contributed by atoms with Crippen LogP contribution in [-0.4, -0.2) is 64.1 Å². The maximum atomic E-state index is 12.9. The zero-order valence-electron chi connectivity index (χ0n) is 20.7. The molecule has 5 N–H and O–H groups in total. The summed E-state index contributed by atoms with van der Waals surface area (Å²) in [7, 11) is 0. The minimum Gasteiger partial charge on any atom is -0.394 e. The van der Waals surface area contributed by atoms with Crippen LogP contribution in [0, 0.1) is 13.8 Å². The fourth-order valence-electron chi connectivity index (χ4n) is 4.64. The first-order valence-corrected chi connectivity index (χ1v) is 13.0. The Hall–Kier alpha value is -3.18. The van der Waals surface area contributed by atoms with Gasteiger partial charge in [0, 0.05) is 36.0 Å². The maximum absolute atomic E-state index is 12.9. The van der Waals surface area contributed by atoms with Crippen LogP contribution in [0.4, 0.5) is 11.4 Å². The van der Waals surface area contributed by atoms with Crippen molar-refractivity contribution in [2.75, 3.05) is 43.1 Å². The fraction of sp³-hybridized carbons (Fsp3) is 0.333. The monoisotopic (exact) mass is 567 g/mol. The number of aliphatic hydroxyl groups excluding tert-OH is 2. The summed E-state index contributed by atoms with van der Waals surface area (Å²) >= 11 is 3.51. The molecule has 2 unspecified atom stereocenters. The Morgan fingerprint density at radius 1 is 1.24 bits per heavy atom. The number of hydrogen-bond acceptors (Lipinski definition) is 7. The molecule has 2 aromatic heterocycles. The van der Waals surface area contributed by atoms with E-state index in [0.717, 1.165) is 44.4 Å². The summed E-state index contributed by atoms with van der Waals surface area (Å²) < 4.78 is 6.52. The van der Waals surface area contributed by atoms with Crippen LogP contribution in [-0.2, 0) is 4.74 Å². The van der Waals surface area contributed by atoms with Gasteiger partial charge in [-0.3, -0.25) is 4.79 Å². The van der Waals surface area contributed by atoms with Gasteiger partial charge in [-0.15, -0.1) is 0 Å². The molecular weight excluding hydrogens is 538 g/mol. The Morgan fingerprint density at radius 3 is 2.86 bits per heavy atom. The van der Waals surface area contributed by atoms with E-state index in [1.54, 1.807) is 12.3 Å².